The maximum absolute atomic E-state index is 12.6. The zero-order valence-corrected chi connectivity index (χ0v) is 15.5. The van der Waals surface area contributed by atoms with E-state index < -0.39 is 0 Å². The number of nitrogens with zero attached hydrogens (tertiary/aromatic N) is 2. The van der Waals surface area contributed by atoms with Gasteiger partial charge in [-0.2, -0.15) is 0 Å². The zero-order valence-electron chi connectivity index (χ0n) is 15.5. The van der Waals surface area contributed by atoms with Crippen molar-refractivity contribution in [2.45, 2.75) is 31.8 Å². The molecule has 0 spiro atoms. The molecule has 1 aromatic carbocycles. The predicted octanol–water partition coefficient (Wildman–Crippen LogP) is 1.91. The van der Waals surface area contributed by atoms with Crippen LogP contribution in [0.5, 0.6) is 0 Å². The third kappa shape index (κ3) is 5.27. The van der Waals surface area contributed by atoms with Gasteiger partial charge in [0.1, 0.15) is 0 Å². The molecule has 1 amide bonds. The Hall–Kier alpha value is -1.43. The van der Waals surface area contributed by atoms with E-state index in [1.54, 1.807) is 7.11 Å². The van der Waals surface area contributed by atoms with Crippen LogP contribution < -0.4 is 5.32 Å². The van der Waals surface area contributed by atoms with Gasteiger partial charge in [-0.15, -0.1) is 0 Å². The first kappa shape index (κ1) is 18.4. The number of carbonyl (C=O) groups excluding carboxylic acids is 1. The van der Waals surface area contributed by atoms with Gasteiger partial charge < -0.3 is 10.1 Å². The molecule has 1 saturated carbocycles. The number of rotatable bonds is 8. The molecule has 0 bridgehead atoms. The van der Waals surface area contributed by atoms with Crippen LogP contribution in [0, 0.1) is 5.92 Å². The van der Waals surface area contributed by atoms with E-state index in [0.717, 1.165) is 32.8 Å². The molecule has 1 N–H and O–H groups in total. The molecule has 5 heteroatoms. The lowest BCUT2D eigenvalue weighted by Crippen LogP contribution is -2.54. The molecule has 2 aliphatic rings. The van der Waals surface area contributed by atoms with E-state index in [4.69, 9.17) is 4.74 Å². The molecule has 5 nitrogen and oxygen atoms in total. The maximum atomic E-state index is 12.6. The number of benzene rings is 1. The largest absolute Gasteiger partial charge is 0.383 e. The predicted molar refractivity (Wildman–Crippen MR) is 99.4 cm³/mol. The minimum absolute atomic E-state index is 0.151. The van der Waals surface area contributed by atoms with Crippen molar-refractivity contribution in [3.63, 3.8) is 0 Å². The van der Waals surface area contributed by atoms with Gasteiger partial charge in [0.15, 0.2) is 0 Å². The second-order valence-corrected chi connectivity index (χ2v) is 7.41. The van der Waals surface area contributed by atoms with Gasteiger partial charge in [0.25, 0.3) is 0 Å². The van der Waals surface area contributed by atoms with Crippen molar-refractivity contribution < 1.29 is 9.53 Å². The number of nitrogens with one attached hydrogen (secondary N) is 1. The molecule has 1 aliphatic heterocycles. The van der Waals surface area contributed by atoms with Crippen molar-refractivity contribution in [3.8, 4) is 0 Å². The SMILES string of the molecule is COCCN1CCN(CC(=O)NC(c2ccccc2)C2CC2)CC1C. The first-order chi connectivity index (χ1) is 12.2. The molecule has 0 aromatic heterocycles. The Morgan fingerprint density at radius 1 is 1.28 bits per heavy atom. The molecule has 0 radical (unpaired) electrons. The Labute approximate surface area is 151 Å². The summed E-state index contributed by atoms with van der Waals surface area (Å²) in [4.78, 5) is 17.3. The summed E-state index contributed by atoms with van der Waals surface area (Å²) < 4.78 is 5.18. The van der Waals surface area contributed by atoms with Crippen LogP contribution in [-0.2, 0) is 9.53 Å². The summed E-state index contributed by atoms with van der Waals surface area (Å²) in [6.45, 7) is 7.36. The summed E-state index contributed by atoms with van der Waals surface area (Å²) in [5, 5.41) is 3.29. The van der Waals surface area contributed by atoms with Crippen LogP contribution >= 0.6 is 0 Å². The molecule has 2 unspecified atom stereocenters. The molecule has 25 heavy (non-hydrogen) atoms. The summed E-state index contributed by atoms with van der Waals surface area (Å²) in [6.07, 6.45) is 2.43. The van der Waals surface area contributed by atoms with Gasteiger partial charge >= 0.3 is 0 Å². The van der Waals surface area contributed by atoms with E-state index in [9.17, 15) is 4.79 Å². The first-order valence-electron chi connectivity index (χ1n) is 9.47. The van der Waals surface area contributed by atoms with Crippen LogP contribution in [-0.4, -0.2) is 68.2 Å². The molecule has 1 aliphatic carbocycles. The van der Waals surface area contributed by atoms with Gasteiger partial charge in [0, 0.05) is 39.3 Å². The normalized spacial score (nSPS) is 23.4. The van der Waals surface area contributed by atoms with Gasteiger partial charge in [-0.1, -0.05) is 30.3 Å². The number of amides is 1. The third-order valence-corrected chi connectivity index (χ3v) is 5.37. The molecule has 1 saturated heterocycles. The van der Waals surface area contributed by atoms with Crippen molar-refractivity contribution in [2.75, 3.05) is 46.4 Å². The zero-order chi connectivity index (χ0) is 17.6. The molecule has 138 valence electrons. The second-order valence-electron chi connectivity index (χ2n) is 7.41. The number of methoxy groups -OCH3 is 1. The van der Waals surface area contributed by atoms with Gasteiger partial charge in [0.2, 0.25) is 5.91 Å². The highest BCUT2D eigenvalue weighted by atomic mass is 16.5. The van der Waals surface area contributed by atoms with E-state index in [2.05, 4.69) is 46.3 Å². The van der Waals surface area contributed by atoms with Crippen LogP contribution in [0.2, 0.25) is 0 Å². The van der Waals surface area contributed by atoms with Crippen molar-refractivity contribution in [2.24, 2.45) is 5.92 Å². The Kier molecular flexibility index (Phi) is 6.45. The smallest absolute Gasteiger partial charge is 0.234 e. The summed E-state index contributed by atoms with van der Waals surface area (Å²) >= 11 is 0. The highest BCUT2D eigenvalue weighted by molar-refractivity contribution is 5.78. The topological polar surface area (TPSA) is 44.8 Å². The highest BCUT2D eigenvalue weighted by Gasteiger charge is 2.34. The van der Waals surface area contributed by atoms with Crippen LogP contribution in [0.4, 0.5) is 0 Å². The molecule has 2 fully saturated rings. The number of hydrogen-bond acceptors (Lipinski definition) is 4. The highest BCUT2D eigenvalue weighted by Crippen LogP contribution is 2.40. The number of hydrogen-bond donors (Lipinski definition) is 1. The van der Waals surface area contributed by atoms with Crippen molar-refractivity contribution in [3.05, 3.63) is 35.9 Å². The summed E-state index contributed by atoms with van der Waals surface area (Å²) in [5.74, 6) is 0.759. The average molecular weight is 345 g/mol. The Morgan fingerprint density at radius 3 is 2.68 bits per heavy atom. The molecular weight excluding hydrogens is 314 g/mol. The minimum atomic E-state index is 0.151. The Morgan fingerprint density at radius 2 is 2.04 bits per heavy atom. The van der Waals surface area contributed by atoms with Crippen molar-refractivity contribution in [1.29, 1.82) is 0 Å². The van der Waals surface area contributed by atoms with Gasteiger partial charge in [-0.3, -0.25) is 14.6 Å². The Bertz CT molecular complexity index is 547. The third-order valence-electron chi connectivity index (χ3n) is 5.37. The summed E-state index contributed by atoms with van der Waals surface area (Å²) in [5.41, 5.74) is 1.23. The van der Waals surface area contributed by atoms with E-state index >= 15 is 0 Å². The summed E-state index contributed by atoms with van der Waals surface area (Å²) in [7, 11) is 1.74. The van der Waals surface area contributed by atoms with E-state index in [0.29, 0.717) is 18.5 Å². The molecule has 2 atom stereocenters. The molecule has 3 rings (SSSR count). The Balaban J connectivity index is 1.49. The van der Waals surface area contributed by atoms with Gasteiger partial charge in [-0.05, 0) is 31.2 Å². The van der Waals surface area contributed by atoms with Crippen LogP contribution in [0.15, 0.2) is 30.3 Å². The van der Waals surface area contributed by atoms with Crippen molar-refractivity contribution >= 4 is 5.91 Å². The standard InChI is InChI=1S/C20H31N3O2/c1-16-14-22(10-11-23(16)12-13-25-2)15-19(24)21-20(18-8-9-18)17-6-4-3-5-7-17/h3-7,16,18,20H,8-15H2,1-2H3,(H,21,24). The number of piperazine rings is 1. The van der Waals surface area contributed by atoms with Crippen LogP contribution in [0.1, 0.15) is 31.4 Å². The van der Waals surface area contributed by atoms with E-state index in [-0.39, 0.29) is 11.9 Å². The lowest BCUT2D eigenvalue weighted by atomic mass is 10.0. The van der Waals surface area contributed by atoms with Crippen LogP contribution in [0.25, 0.3) is 0 Å². The quantitative estimate of drug-likeness (QED) is 0.782. The number of ether oxygens (including phenoxy) is 1. The minimum Gasteiger partial charge on any atom is -0.383 e. The monoisotopic (exact) mass is 345 g/mol. The molecule has 1 heterocycles. The fourth-order valence-electron chi connectivity index (χ4n) is 3.74. The number of carbonyl (C=O) groups is 1. The maximum Gasteiger partial charge on any atom is 0.234 e. The second kappa shape index (κ2) is 8.79. The van der Waals surface area contributed by atoms with Gasteiger partial charge in [0.05, 0.1) is 19.2 Å². The fraction of sp³-hybridized carbons (Fsp3) is 0.650. The fourth-order valence-corrected chi connectivity index (χ4v) is 3.74. The van der Waals surface area contributed by atoms with Crippen LogP contribution in [0.3, 0.4) is 0 Å². The van der Waals surface area contributed by atoms with Gasteiger partial charge in [-0.25, -0.2) is 0 Å². The first-order valence-corrected chi connectivity index (χ1v) is 9.47. The average Bonchev–Trinajstić information content (AvgIpc) is 3.45. The summed E-state index contributed by atoms with van der Waals surface area (Å²) in [6, 6.07) is 11.0. The lowest BCUT2D eigenvalue weighted by Gasteiger charge is -2.39. The molecular formula is C20H31N3O2. The van der Waals surface area contributed by atoms with Crippen molar-refractivity contribution in [1.82, 2.24) is 15.1 Å². The van der Waals surface area contributed by atoms with E-state index in [1.807, 2.05) is 6.07 Å². The lowest BCUT2D eigenvalue weighted by molar-refractivity contribution is -0.123. The van der Waals surface area contributed by atoms with E-state index in [1.165, 1.54) is 18.4 Å². The molecule has 1 aromatic rings.